The van der Waals surface area contributed by atoms with E-state index in [-0.39, 0.29) is 22.2 Å². The van der Waals surface area contributed by atoms with Crippen LogP contribution in [0.15, 0.2) is 59.5 Å². The number of halogens is 3. The number of primary sulfonamides is 1. The van der Waals surface area contributed by atoms with E-state index in [2.05, 4.69) is 10.4 Å². The van der Waals surface area contributed by atoms with Gasteiger partial charge in [0.25, 0.3) is 0 Å². The Morgan fingerprint density at radius 1 is 1.10 bits per heavy atom. The average molecular weight is 424 g/mol. The van der Waals surface area contributed by atoms with Gasteiger partial charge in [-0.25, -0.2) is 18.2 Å². The fourth-order valence-electron chi connectivity index (χ4n) is 2.71. The Kier molecular flexibility index (Phi) is 5.20. The molecule has 0 bridgehead atoms. The lowest BCUT2D eigenvalue weighted by Crippen LogP contribution is -2.16. The van der Waals surface area contributed by atoms with Crippen LogP contribution in [0.3, 0.4) is 0 Å². The Hall–Kier alpha value is -3.18. The van der Waals surface area contributed by atoms with Gasteiger partial charge in [0.2, 0.25) is 15.9 Å². The van der Waals surface area contributed by atoms with Gasteiger partial charge < -0.3 is 5.32 Å². The molecule has 0 aliphatic heterocycles. The molecule has 7 nitrogen and oxygen atoms in total. The van der Waals surface area contributed by atoms with Crippen LogP contribution in [0.1, 0.15) is 12.6 Å². The maximum atomic E-state index is 13.3. The fourth-order valence-corrected chi connectivity index (χ4v) is 3.42. The predicted octanol–water partition coefficient (Wildman–Crippen LogP) is 3.16. The van der Waals surface area contributed by atoms with Crippen molar-refractivity contribution in [3.63, 3.8) is 0 Å². The van der Waals surface area contributed by atoms with Crippen LogP contribution in [0.5, 0.6) is 0 Å². The summed E-state index contributed by atoms with van der Waals surface area (Å²) in [6.07, 6.45) is -4.74. The third-order valence-corrected chi connectivity index (χ3v) is 4.86. The molecule has 0 spiro atoms. The van der Waals surface area contributed by atoms with Crippen LogP contribution in [-0.4, -0.2) is 24.1 Å². The Balaban J connectivity index is 2.22. The molecule has 0 saturated carbocycles. The molecule has 0 radical (unpaired) electrons. The van der Waals surface area contributed by atoms with Gasteiger partial charge in [-0.05, 0) is 30.3 Å². The highest BCUT2D eigenvalue weighted by molar-refractivity contribution is 7.89. The number of hydrogen-bond acceptors (Lipinski definition) is 4. The average Bonchev–Trinajstić information content (AvgIpc) is 3.07. The smallest absolute Gasteiger partial charge is 0.326 e. The van der Waals surface area contributed by atoms with E-state index < -0.39 is 21.9 Å². The van der Waals surface area contributed by atoms with Crippen LogP contribution in [0.25, 0.3) is 16.9 Å². The molecule has 152 valence electrons. The summed E-state index contributed by atoms with van der Waals surface area (Å²) in [6, 6.07) is 12.2. The Morgan fingerprint density at radius 2 is 1.72 bits per heavy atom. The van der Waals surface area contributed by atoms with E-state index in [1.165, 1.54) is 55.5 Å². The molecule has 0 fully saturated rings. The molecule has 0 unspecified atom stereocenters. The molecule has 0 aliphatic rings. The van der Waals surface area contributed by atoms with Crippen molar-refractivity contribution in [3.8, 4) is 16.9 Å². The normalized spacial score (nSPS) is 12.0. The first kappa shape index (κ1) is 20.6. The van der Waals surface area contributed by atoms with E-state index in [0.717, 1.165) is 10.7 Å². The highest BCUT2D eigenvalue weighted by Gasteiger charge is 2.35. The van der Waals surface area contributed by atoms with Gasteiger partial charge in [-0.2, -0.15) is 18.3 Å². The number of amides is 1. The number of hydrogen-bond donors (Lipinski definition) is 2. The van der Waals surface area contributed by atoms with Gasteiger partial charge in [-0.1, -0.05) is 24.3 Å². The Morgan fingerprint density at radius 3 is 2.28 bits per heavy atom. The highest BCUT2D eigenvalue weighted by atomic mass is 32.2. The number of nitrogens with two attached hydrogens (primary N) is 1. The standard InChI is InChI=1S/C18H15F3N4O3S/c1-11(26)23-13-8-6-12(7-9-13)15-10-17(18(19,20)21)24-25(15)14-4-2-3-5-16(14)29(22,27)28/h2-10H,1H3,(H,23,26)(H2,22,27,28). The van der Waals surface area contributed by atoms with Gasteiger partial charge in [0.1, 0.15) is 4.90 Å². The highest BCUT2D eigenvalue weighted by Crippen LogP contribution is 2.34. The number of nitrogens with zero attached hydrogens (tertiary/aromatic N) is 2. The third-order valence-electron chi connectivity index (χ3n) is 3.90. The van der Waals surface area contributed by atoms with E-state index in [0.29, 0.717) is 11.3 Å². The summed E-state index contributed by atoms with van der Waals surface area (Å²) < 4.78 is 64.6. The molecular formula is C18H15F3N4O3S. The number of anilines is 1. The molecule has 3 aromatic rings. The van der Waals surface area contributed by atoms with E-state index in [1.807, 2.05) is 0 Å². The monoisotopic (exact) mass is 424 g/mol. The lowest BCUT2D eigenvalue weighted by Gasteiger charge is -2.12. The van der Waals surface area contributed by atoms with Gasteiger partial charge in [-0.3, -0.25) is 4.79 Å². The number of alkyl halides is 3. The summed E-state index contributed by atoms with van der Waals surface area (Å²) in [5, 5.41) is 11.3. The third kappa shape index (κ3) is 4.46. The molecule has 3 N–H and O–H groups in total. The topological polar surface area (TPSA) is 107 Å². The van der Waals surface area contributed by atoms with Crippen molar-refractivity contribution >= 4 is 21.6 Å². The second-order valence-electron chi connectivity index (χ2n) is 6.10. The first-order chi connectivity index (χ1) is 13.5. The van der Waals surface area contributed by atoms with Gasteiger partial charge in [0.15, 0.2) is 5.69 Å². The lowest BCUT2D eigenvalue weighted by atomic mass is 10.1. The zero-order chi connectivity index (χ0) is 21.4. The number of nitrogens with one attached hydrogen (secondary N) is 1. The molecule has 1 amide bonds. The molecule has 0 aliphatic carbocycles. The van der Waals surface area contributed by atoms with Crippen molar-refractivity contribution in [1.29, 1.82) is 0 Å². The summed E-state index contributed by atoms with van der Waals surface area (Å²) in [6.45, 7) is 1.32. The Labute approximate surface area is 164 Å². The van der Waals surface area contributed by atoms with Gasteiger partial charge in [0, 0.05) is 18.2 Å². The minimum absolute atomic E-state index is 0.00259. The molecule has 11 heteroatoms. The quantitative estimate of drug-likeness (QED) is 0.671. The number of rotatable bonds is 4. The van der Waals surface area contributed by atoms with E-state index in [1.54, 1.807) is 0 Å². The molecule has 0 atom stereocenters. The van der Waals surface area contributed by atoms with E-state index >= 15 is 0 Å². The van der Waals surface area contributed by atoms with Crippen molar-refractivity contribution in [2.45, 2.75) is 18.0 Å². The number of sulfonamides is 1. The maximum Gasteiger partial charge on any atom is 0.435 e. The summed E-state index contributed by atoms with van der Waals surface area (Å²) in [5.41, 5.74) is -0.531. The van der Waals surface area contributed by atoms with E-state index in [4.69, 9.17) is 5.14 Å². The Bertz CT molecular complexity index is 1170. The lowest BCUT2D eigenvalue weighted by molar-refractivity contribution is -0.141. The van der Waals surface area contributed by atoms with Crippen LogP contribution in [0.4, 0.5) is 18.9 Å². The molecule has 2 aromatic carbocycles. The molecule has 0 saturated heterocycles. The van der Waals surface area contributed by atoms with Gasteiger partial charge in [0.05, 0.1) is 11.4 Å². The molecular weight excluding hydrogens is 409 g/mol. The van der Waals surface area contributed by atoms with Crippen molar-refractivity contribution < 1.29 is 26.4 Å². The van der Waals surface area contributed by atoms with Crippen LogP contribution in [0.2, 0.25) is 0 Å². The number of para-hydroxylation sites is 1. The van der Waals surface area contributed by atoms with E-state index in [9.17, 15) is 26.4 Å². The van der Waals surface area contributed by atoms with Gasteiger partial charge in [-0.15, -0.1) is 0 Å². The van der Waals surface area contributed by atoms with Crippen molar-refractivity contribution in [3.05, 3.63) is 60.3 Å². The zero-order valence-corrected chi connectivity index (χ0v) is 15.8. The first-order valence-corrected chi connectivity index (χ1v) is 9.69. The number of aromatic nitrogens is 2. The van der Waals surface area contributed by atoms with Crippen LogP contribution >= 0.6 is 0 Å². The zero-order valence-electron chi connectivity index (χ0n) is 14.9. The predicted molar refractivity (Wildman–Crippen MR) is 99.7 cm³/mol. The van der Waals surface area contributed by atoms with Crippen molar-refractivity contribution in [2.24, 2.45) is 5.14 Å². The second kappa shape index (κ2) is 7.33. The van der Waals surface area contributed by atoms with Crippen LogP contribution < -0.4 is 10.5 Å². The second-order valence-corrected chi connectivity index (χ2v) is 7.63. The fraction of sp³-hybridized carbons (Fsp3) is 0.111. The summed E-state index contributed by atoms with van der Waals surface area (Å²) in [4.78, 5) is 10.8. The minimum atomic E-state index is -4.74. The summed E-state index contributed by atoms with van der Waals surface area (Å²) >= 11 is 0. The van der Waals surface area contributed by atoms with Crippen LogP contribution in [-0.2, 0) is 21.0 Å². The number of benzene rings is 2. The maximum absolute atomic E-state index is 13.3. The summed E-state index contributed by atoms with van der Waals surface area (Å²) in [7, 11) is -4.22. The first-order valence-electron chi connectivity index (χ1n) is 8.14. The molecule has 1 aromatic heterocycles. The number of carbonyl (C=O) groups is 1. The molecule has 1 heterocycles. The SMILES string of the molecule is CC(=O)Nc1ccc(-c2cc(C(F)(F)F)nn2-c2ccccc2S(N)(=O)=O)cc1. The van der Waals surface area contributed by atoms with Crippen molar-refractivity contribution in [2.75, 3.05) is 5.32 Å². The summed E-state index contributed by atoms with van der Waals surface area (Å²) in [5.74, 6) is -0.302. The molecule has 3 rings (SSSR count). The minimum Gasteiger partial charge on any atom is -0.326 e. The van der Waals surface area contributed by atoms with Crippen LogP contribution in [0, 0.1) is 0 Å². The molecule has 29 heavy (non-hydrogen) atoms. The number of carbonyl (C=O) groups excluding carboxylic acids is 1. The van der Waals surface area contributed by atoms with Gasteiger partial charge >= 0.3 is 6.18 Å². The van der Waals surface area contributed by atoms with Crippen molar-refractivity contribution in [1.82, 2.24) is 9.78 Å². The largest absolute Gasteiger partial charge is 0.435 e.